The van der Waals surface area contributed by atoms with Crippen molar-refractivity contribution in [3.05, 3.63) is 161 Å². The van der Waals surface area contributed by atoms with Gasteiger partial charge in [0.25, 0.3) is 11.8 Å². The monoisotopic (exact) mass is 827 g/mol. The number of amides is 2. The van der Waals surface area contributed by atoms with Crippen LogP contribution in [0.4, 0.5) is 23.2 Å². The summed E-state index contributed by atoms with van der Waals surface area (Å²) < 4.78 is 58.9. The van der Waals surface area contributed by atoms with E-state index in [1.54, 1.807) is 60.7 Å². The number of anilines is 1. The van der Waals surface area contributed by atoms with E-state index in [2.05, 4.69) is 21.4 Å². The Bertz CT molecular complexity index is 2500. The number of carbonyl (C=O) groups is 2. The fourth-order valence-corrected chi connectivity index (χ4v) is 8.78. The van der Waals surface area contributed by atoms with Crippen molar-refractivity contribution in [3.8, 4) is 5.69 Å². The molecule has 2 amide bonds. The predicted octanol–water partition coefficient (Wildman–Crippen LogP) is 7.65. The average molecular weight is 829 g/mol. The molecule has 0 bridgehead atoms. The highest BCUT2D eigenvalue weighted by Gasteiger charge is 2.69. The number of halogens is 7. The van der Waals surface area contributed by atoms with Crippen molar-refractivity contribution >= 4 is 56.6 Å². The topological polar surface area (TPSA) is 98.3 Å². The van der Waals surface area contributed by atoms with Gasteiger partial charge in [0.2, 0.25) is 0 Å². The van der Waals surface area contributed by atoms with Gasteiger partial charge in [-0.3, -0.25) is 15.0 Å². The van der Waals surface area contributed by atoms with Crippen LogP contribution in [-0.2, 0) is 27.7 Å². The first-order chi connectivity index (χ1) is 25.2. The number of imide groups is 1. The van der Waals surface area contributed by atoms with Crippen LogP contribution in [0.3, 0.4) is 0 Å². The van der Waals surface area contributed by atoms with Gasteiger partial charge in [-0.05, 0) is 93.6 Å². The number of hydrogen-bond acceptors (Lipinski definition) is 5. The minimum absolute atomic E-state index is 0.0643. The minimum atomic E-state index is -4.70. The molecule has 1 aromatic heterocycles. The molecule has 4 atom stereocenters. The molecule has 0 spiro atoms. The molecule has 8 rings (SSSR count). The lowest BCUT2D eigenvalue weighted by Crippen LogP contribution is -2.53. The van der Waals surface area contributed by atoms with Gasteiger partial charge in [-0.2, -0.15) is 18.2 Å². The maximum atomic E-state index is 15.2. The van der Waals surface area contributed by atoms with Crippen LogP contribution in [0.2, 0.25) is 10.0 Å². The van der Waals surface area contributed by atoms with Gasteiger partial charge in [0.1, 0.15) is 5.82 Å². The Balaban J connectivity index is 1.36. The first-order valence-electron chi connectivity index (χ1n) is 16.2. The van der Waals surface area contributed by atoms with Crippen LogP contribution >= 0.6 is 39.1 Å². The standard InChI is InChI=1S/C37H24BrCl2F4N5O4/c38-26-16-19(6-12-28(26)41)31-24-14-15-46-34(52)47(23-4-2-1-3-5-23)35(53)49(46)30(24)18-25-32(50)48(33(51)36(25,31)20-7-10-22(39)11-8-20)45-29-13-9-21(17-27(29)40)37(42,43)44/h1-14,16-17,25,30-31,45H,15,18H2/t25-,30+,31-,36+/m0/s1. The zero-order valence-electron chi connectivity index (χ0n) is 27.0. The lowest BCUT2D eigenvalue weighted by atomic mass is 9.53. The van der Waals surface area contributed by atoms with Crippen LogP contribution in [0.1, 0.15) is 35.1 Å². The SMILES string of the molecule is O=C1[C@@H]2C[C@@H]3C(=CCn4c(=O)n(-c5ccccc5)c(=O)n43)[C@H](c3ccc(F)c(Br)c3)[C@]2(c2ccc(Cl)cc2)C(=O)N1Nc1ccc(C(F)(F)F)cc1Cl. The Morgan fingerprint density at radius 2 is 1.58 bits per heavy atom. The summed E-state index contributed by atoms with van der Waals surface area (Å²) in [5.74, 6) is -4.39. The van der Waals surface area contributed by atoms with Gasteiger partial charge in [-0.25, -0.2) is 27.9 Å². The number of allylic oxidation sites excluding steroid dienone is 2. The third kappa shape index (κ3) is 5.32. The zero-order valence-corrected chi connectivity index (χ0v) is 30.0. The summed E-state index contributed by atoms with van der Waals surface area (Å²) in [4.78, 5) is 58.0. The molecule has 4 aromatic carbocycles. The van der Waals surface area contributed by atoms with Crippen LogP contribution in [0, 0.1) is 11.7 Å². The number of alkyl halides is 3. The van der Waals surface area contributed by atoms with E-state index in [4.69, 9.17) is 23.2 Å². The van der Waals surface area contributed by atoms with Gasteiger partial charge in [-0.15, -0.1) is 0 Å². The van der Waals surface area contributed by atoms with Crippen molar-refractivity contribution < 1.29 is 27.2 Å². The van der Waals surface area contributed by atoms with Crippen LogP contribution in [0.5, 0.6) is 0 Å². The molecule has 1 N–H and O–H groups in total. The molecule has 1 saturated carbocycles. The van der Waals surface area contributed by atoms with Crippen molar-refractivity contribution in [1.82, 2.24) is 18.9 Å². The molecule has 53 heavy (non-hydrogen) atoms. The number of carbonyl (C=O) groups excluding carboxylic acids is 2. The normalized spacial score (nSPS) is 22.3. The molecular formula is C37H24BrCl2F4N5O4. The number of para-hydroxylation sites is 1. The summed E-state index contributed by atoms with van der Waals surface area (Å²) in [7, 11) is 0. The molecule has 0 unspecified atom stereocenters. The largest absolute Gasteiger partial charge is 0.416 e. The maximum Gasteiger partial charge on any atom is 0.416 e. The summed E-state index contributed by atoms with van der Waals surface area (Å²) in [5, 5.41) is 0.681. The van der Waals surface area contributed by atoms with Gasteiger partial charge in [0.05, 0.1) is 50.4 Å². The highest BCUT2D eigenvalue weighted by Crippen LogP contribution is 2.62. The van der Waals surface area contributed by atoms with Crippen molar-refractivity contribution in [2.24, 2.45) is 5.92 Å². The lowest BCUT2D eigenvalue weighted by molar-refractivity contribution is -0.139. The summed E-state index contributed by atoms with van der Waals surface area (Å²) >= 11 is 15.8. The Labute approximate surface area is 315 Å². The summed E-state index contributed by atoms with van der Waals surface area (Å²) in [6.45, 7) is -0.0643. The maximum absolute atomic E-state index is 15.2. The second kappa shape index (κ2) is 12.6. The number of benzene rings is 4. The Hall–Kier alpha value is -4.92. The second-order valence-electron chi connectivity index (χ2n) is 12.9. The number of hydrogen-bond donors (Lipinski definition) is 1. The fourth-order valence-electron chi connectivity index (χ4n) is 8.03. The summed E-state index contributed by atoms with van der Waals surface area (Å²) in [6, 6.07) is 20.4. The highest BCUT2D eigenvalue weighted by molar-refractivity contribution is 9.10. The van der Waals surface area contributed by atoms with Crippen LogP contribution in [0.25, 0.3) is 5.69 Å². The van der Waals surface area contributed by atoms with E-state index < -0.39 is 69.1 Å². The van der Waals surface area contributed by atoms with Crippen LogP contribution in [0.15, 0.2) is 117 Å². The van der Waals surface area contributed by atoms with Gasteiger partial charge in [0.15, 0.2) is 0 Å². The molecule has 3 heterocycles. The van der Waals surface area contributed by atoms with Crippen molar-refractivity contribution in [2.45, 2.75) is 36.5 Å². The van der Waals surface area contributed by atoms with E-state index >= 15 is 4.79 Å². The Morgan fingerprint density at radius 1 is 0.868 bits per heavy atom. The third-order valence-corrected chi connectivity index (χ3v) is 11.4. The van der Waals surface area contributed by atoms with E-state index in [1.807, 2.05) is 0 Å². The molecule has 270 valence electrons. The minimum Gasteiger partial charge on any atom is -0.287 e. The van der Waals surface area contributed by atoms with Crippen molar-refractivity contribution in [1.29, 1.82) is 0 Å². The molecule has 9 nitrogen and oxygen atoms in total. The number of rotatable bonds is 5. The Morgan fingerprint density at radius 3 is 2.25 bits per heavy atom. The smallest absolute Gasteiger partial charge is 0.287 e. The van der Waals surface area contributed by atoms with Gasteiger partial charge < -0.3 is 0 Å². The predicted molar refractivity (Wildman–Crippen MR) is 191 cm³/mol. The molecule has 1 aliphatic carbocycles. The van der Waals surface area contributed by atoms with Gasteiger partial charge in [-0.1, -0.05) is 65.7 Å². The third-order valence-electron chi connectivity index (χ3n) is 10.3. The van der Waals surface area contributed by atoms with E-state index in [0.29, 0.717) is 33.5 Å². The number of hydrazine groups is 1. The van der Waals surface area contributed by atoms with Crippen LogP contribution < -0.4 is 16.8 Å². The van der Waals surface area contributed by atoms with Gasteiger partial charge >= 0.3 is 17.6 Å². The van der Waals surface area contributed by atoms with Crippen molar-refractivity contribution in [3.63, 3.8) is 0 Å². The van der Waals surface area contributed by atoms with Gasteiger partial charge in [0, 0.05) is 10.9 Å². The van der Waals surface area contributed by atoms with E-state index in [0.717, 1.165) is 21.7 Å². The lowest BCUT2D eigenvalue weighted by Gasteiger charge is -2.49. The number of aromatic nitrogens is 3. The molecular weight excluding hydrogens is 805 g/mol. The molecule has 1 saturated heterocycles. The van der Waals surface area contributed by atoms with E-state index in [9.17, 15) is 31.9 Å². The number of nitrogens with zero attached hydrogens (tertiary/aromatic N) is 4. The number of nitrogens with one attached hydrogen (secondary N) is 1. The molecule has 0 radical (unpaired) electrons. The first-order valence-corrected chi connectivity index (χ1v) is 17.7. The van der Waals surface area contributed by atoms with Crippen LogP contribution in [-0.4, -0.2) is 30.8 Å². The first kappa shape index (κ1) is 35.1. The molecule has 2 fully saturated rings. The highest BCUT2D eigenvalue weighted by atomic mass is 79.9. The Kier molecular flexibility index (Phi) is 8.35. The van der Waals surface area contributed by atoms with E-state index in [-0.39, 0.29) is 23.1 Å². The summed E-state index contributed by atoms with van der Waals surface area (Å²) in [6.07, 6.45) is -3.10. The quantitative estimate of drug-likeness (QED) is 0.112. The van der Waals surface area contributed by atoms with Crippen molar-refractivity contribution in [2.75, 3.05) is 5.43 Å². The molecule has 2 aliphatic heterocycles. The average Bonchev–Trinajstić information content (AvgIpc) is 3.51. The zero-order chi connectivity index (χ0) is 37.6. The fraction of sp³-hybridized carbons (Fsp3) is 0.189. The molecule has 16 heteroatoms. The second-order valence-corrected chi connectivity index (χ2v) is 14.6. The summed E-state index contributed by atoms with van der Waals surface area (Å²) in [5.41, 5.74) is 0.105. The molecule has 5 aromatic rings. The van der Waals surface area contributed by atoms with E-state index in [1.165, 1.54) is 27.6 Å². The molecule has 3 aliphatic rings. The number of fused-ring (bicyclic) bond motifs is 4.